The fourth-order valence-corrected chi connectivity index (χ4v) is 2.98. The van der Waals surface area contributed by atoms with Gasteiger partial charge in [0.1, 0.15) is 11.5 Å². The first-order chi connectivity index (χ1) is 14.0. The minimum absolute atomic E-state index is 0.265. The van der Waals surface area contributed by atoms with E-state index < -0.39 is 11.9 Å². The second kappa shape index (κ2) is 9.10. The molecule has 0 aliphatic carbocycles. The Kier molecular flexibility index (Phi) is 6.34. The van der Waals surface area contributed by atoms with Gasteiger partial charge in [-0.2, -0.15) is 0 Å². The number of fused-ring (bicyclic) bond motifs is 1. The van der Waals surface area contributed by atoms with E-state index in [-0.39, 0.29) is 5.75 Å². The van der Waals surface area contributed by atoms with Crippen molar-refractivity contribution in [3.05, 3.63) is 60.2 Å². The van der Waals surface area contributed by atoms with Crippen molar-refractivity contribution in [3.63, 3.8) is 0 Å². The number of esters is 2. The lowest BCUT2D eigenvalue weighted by molar-refractivity contribution is -0.133. The molecule has 29 heavy (non-hydrogen) atoms. The standard InChI is InChI=1S/C23H22O6/c1-15(24)28-21-14-22(26-3)23(29-16(2)25)19-10-9-18(13-20(19)21)27-12-11-17-7-5-4-6-8-17/h4-10,13-14H,11-12H2,1-3H3. The van der Waals surface area contributed by atoms with Gasteiger partial charge in [0, 0.05) is 37.1 Å². The molecule has 0 amide bonds. The molecule has 0 atom stereocenters. The van der Waals surface area contributed by atoms with E-state index in [2.05, 4.69) is 0 Å². The Bertz CT molecular complexity index is 1030. The van der Waals surface area contributed by atoms with Gasteiger partial charge in [-0.3, -0.25) is 9.59 Å². The van der Waals surface area contributed by atoms with Crippen molar-refractivity contribution >= 4 is 22.7 Å². The van der Waals surface area contributed by atoms with Gasteiger partial charge in [0.15, 0.2) is 11.5 Å². The molecular weight excluding hydrogens is 372 g/mol. The van der Waals surface area contributed by atoms with E-state index in [9.17, 15) is 9.59 Å². The quantitative estimate of drug-likeness (QED) is 0.439. The van der Waals surface area contributed by atoms with Crippen molar-refractivity contribution in [2.24, 2.45) is 0 Å². The molecule has 0 unspecified atom stereocenters. The summed E-state index contributed by atoms with van der Waals surface area (Å²) in [7, 11) is 1.45. The van der Waals surface area contributed by atoms with Crippen LogP contribution in [0.4, 0.5) is 0 Å². The molecule has 150 valence electrons. The van der Waals surface area contributed by atoms with Crippen LogP contribution in [0.15, 0.2) is 54.6 Å². The zero-order valence-corrected chi connectivity index (χ0v) is 16.6. The Morgan fingerprint density at radius 3 is 2.21 bits per heavy atom. The van der Waals surface area contributed by atoms with Crippen molar-refractivity contribution in [3.8, 4) is 23.0 Å². The first-order valence-corrected chi connectivity index (χ1v) is 9.16. The lowest BCUT2D eigenvalue weighted by atomic mass is 10.1. The summed E-state index contributed by atoms with van der Waals surface area (Å²) in [5.74, 6) is 0.523. The molecule has 3 aromatic carbocycles. The molecule has 3 rings (SSSR count). The Morgan fingerprint density at radius 2 is 1.55 bits per heavy atom. The van der Waals surface area contributed by atoms with Gasteiger partial charge in [0.05, 0.1) is 13.7 Å². The summed E-state index contributed by atoms with van der Waals surface area (Å²) in [6.07, 6.45) is 0.761. The van der Waals surface area contributed by atoms with Gasteiger partial charge in [-0.25, -0.2) is 0 Å². The number of hydrogen-bond acceptors (Lipinski definition) is 6. The van der Waals surface area contributed by atoms with Gasteiger partial charge in [0.25, 0.3) is 0 Å². The summed E-state index contributed by atoms with van der Waals surface area (Å²) < 4.78 is 21.9. The Hall–Kier alpha value is -3.54. The summed E-state index contributed by atoms with van der Waals surface area (Å²) >= 11 is 0. The van der Waals surface area contributed by atoms with E-state index in [0.29, 0.717) is 34.6 Å². The number of hydrogen-bond donors (Lipinski definition) is 0. The molecule has 0 N–H and O–H groups in total. The van der Waals surface area contributed by atoms with Gasteiger partial charge < -0.3 is 18.9 Å². The van der Waals surface area contributed by atoms with Crippen LogP contribution in [0.3, 0.4) is 0 Å². The van der Waals surface area contributed by atoms with E-state index in [4.69, 9.17) is 18.9 Å². The highest BCUT2D eigenvalue weighted by atomic mass is 16.6. The van der Waals surface area contributed by atoms with Crippen molar-refractivity contribution in [1.29, 1.82) is 0 Å². The fourth-order valence-electron chi connectivity index (χ4n) is 2.98. The van der Waals surface area contributed by atoms with Crippen LogP contribution < -0.4 is 18.9 Å². The average molecular weight is 394 g/mol. The maximum absolute atomic E-state index is 11.6. The summed E-state index contributed by atoms with van der Waals surface area (Å²) in [5, 5.41) is 1.15. The molecule has 0 radical (unpaired) electrons. The monoisotopic (exact) mass is 394 g/mol. The smallest absolute Gasteiger partial charge is 0.308 e. The molecule has 0 aliphatic rings. The second-order valence-corrected chi connectivity index (χ2v) is 6.38. The van der Waals surface area contributed by atoms with Crippen LogP contribution in [0.25, 0.3) is 10.8 Å². The number of methoxy groups -OCH3 is 1. The summed E-state index contributed by atoms with van der Waals surface area (Å²) in [6.45, 7) is 3.12. The van der Waals surface area contributed by atoms with E-state index in [0.717, 1.165) is 6.42 Å². The van der Waals surface area contributed by atoms with Gasteiger partial charge in [-0.05, 0) is 23.8 Å². The van der Waals surface area contributed by atoms with Crippen molar-refractivity contribution in [2.75, 3.05) is 13.7 Å². The summed E-state index contributed by atoms with van der Waals surface area (Å²) in [4.78, 5) is 23.1. The topological polar surface area (TPSA) is 71.1 Å². The van der Waals surface area contributed by atoms with Crippen LogP contribution in [0, 0.1) is 0 Å². The molecule has 6 nitrogen and oxygen atoms in total. The summed E-state index contributed by atoms with van der Waals surface area (Å²) in [6, 6.07) is 16.8. The zero-order valence-electron chi connectivity index (χ0n) is 16.6. The predicted octanol–water partition coefficient (Wildman–Crippen LogP) is 4.32. The number of benzene rings is 3. The van der Waals surface area contributed by atoms with Gasteiger partial charge >= 0.3 is 11.9 Å². The Labute approximate surface area is 169 Å². The fraction of sp³-hybridized carbons (Fsp3) is 0.217. The number of ether oxygens (including phenoxy) is 4. The molecule has 0 heterocycles. The van der Waals surface area contributed by atoms with Crippen LogP contribution in [0.1, 0.15) is 19.4 Å². The normalized spacial score (nSPS) is 10.4. The summed E-state index contributed by atoms with van der Waals surface area (Å²) in [5.41, 5.74) is 1.18. The Balaban J connectivity index is 1.95. The van der Waals surface area contributed by atoms with Crippen LogP contribution in [-0.4, -0.2) is 25.7 Å². The highest BCUT2D eigenvalue weighted by Gasteiger charge is 2.18. The molecule has 0 aromatic heterocycles. The minimum Gasteiger partial charge on any atom is -0.493 e. The highest BCUT2D eigenvalue weighted by molar-refractivity contribution is 5.98. The van der Waals surface area contributed by atoms with Crippen LogP contribution >= 0.6 is 0 Å². The molecule has 0 bridgehead atoms. The molecule has 6 heteroatoms. The third kappa shape index (κ3) is 5.04. The lowest BCUT2D eigenvalue weighted by Crippen LogP contribution is -2.07. The van der Waals surface area contributed by atoms with Crippen LogP contribution in [-0.2, 0) is 16.0 Å². The molecule has 0 aliphatic heterocycles. The van der Waals surface area contributed by atoms with Crippen LogP contribution in [0.2, 0.25) is 0 Å². The molecule has 3 aromatic rings. The molecular formula is C23H22O6. The maximum Gasteiger partial charge on any atom is 0.308 e. The molecule has 0 saturated heterocycles. The lowest BCUT2D eigenvalue weighted by Gasteiger charge is -2.15. The number of rotatable bonds is 7. The van der Waals surface area contributed by atoms with E-state index in [1.807, 2.05) is 30.3 Å². The third-order valence-corrected chi connectivity index (χ3v) is 4.21. The second-order valence-electron chi connectivity index (χ2n) is 6.38. The van der Waals surface area contributed by atoms with Crippen molar-refractivity contribution in [2.45, 2.75) is 20.3 Å². The van der Waals surface area contributed by atoms with Crippen molar-refractivity contribution in [1.82, 2.24) is 0 Å². The van der Waals surface area contributed by atoms with E-state index >= 15 is 0 Å². The molecule has 0 fully saturated rings. The maximum atomic E-state index is 11.6. The average Bonchev–Trinajstić information content (AvgIpc) is 2.69. The van der Waals surface area contributed by atoms with E-state index in [1.165, 1.54) is 32.6 Å². The third-order valence-electron chi connectivity index (χ3n) is 4.21. The largest absolute Gasteiger partial charge is 0.493 e. The highest BCUT2D eigenvalue weighted by Crippen LogP contribution is 2.43. The Morgan fingerprint density at radius 1 is 0.828 bits per heavy atom. The number of carbonyl (C=O) groups excluding carboxylic acids is 2. The van der Waals surface area contributed by atoms with Gasteiger partial charge in [0.2, 0.25) is 0 Å². The van der Waals surface area contributed by atoms with E-state index in [1.54, 1.807) is 18.2 Å². The number of carbonyl (C=O) groups is 2. The molecule has 0 spiro atoms. The molecule has 0 saturated carbocycles. The van der Waals surface area contributed by atoms with Gasteiger partial charge in [-0.15, -0.1) is 0 Å². The first-order valence-electron chi connectivity index (χ1n) is 9.16. The first kappa shape index (κ1) is 20.2. The van der Waals surface area contributed by atoms with Crippen LogP contribution in [0.5, 0.6) is 23.0 Å². The zero-order chi connectivity index (χ0) is 20.8. The van der Waals surface area contributed by atoms with Crippen molar-refractivity contribution < 1.29 is 28.5 Å². The predicted molar refractivity (Wildman–Crippen MR) is 109 cm³/mol. The minimum atomic E-state index is -0.479. The SMILES string of the molecule is COc1cc(OC(C)=O)c2cc(OCCc3ccccc3)ccc2c1OC(C)=O. The van der Waals surface area contributed by atoms with Gasteiger partial charge in [-0.1, -0.05) is 30.3 Å².